The maximum Gasteiger partial charge on any atom is 0.270 e. The van der Waals surface area contributed by atoms with Crippen LogP contribution in [0.2, 0.25) is 0 Å². The second-order valence-electron chi connectivity index (χ2n) is 5.74. The number of benzene rings is 2. The highest BCUT2D eigenvalue weighted by Gasteiger charge is 2.12. The quantitative estimate of drug-likeness (QED) is 0.419. The standard InChI is InChI=1S/C20H21NO3/c1-3-16-7-4-5-8-17(16)13-15(2)20(11-12-22)18-9-6-10-19(14-18)21(23)24/h4-10,12,14H,3,11,13H2,1-2H3/b20-15+. The van der Waals surface area contributed by atoms with Gasteiger partial charge in [0.05, 0.1) is 4.92 Å². The number of hydrogen-bond acceptors (Lipinski definition) is 3. The van der Waals surface area contributed by atoms with Crippen LogP contribution in [0.5, 0.6) is 0 Å². The van der Waals surface area contributed by atoms with E-state index in [1.54, 1.807) is 6.07 Å². The Morgan fingerprint density at radius 1 is 1.12 bits per heavy atom. The van der Waals surface area contributed by atoms with Crippen molar-refractivity contribution in [2.45, 2.75) is 33.1 Å². The summed E-state index contributed by atoms with van der Waals surface area (Å²) in [5.41, 5.74) is 5.20. The van der Waals surface area contributed by atoms with Gasteiger partial charge in [-0.3, -0.25) is 10.1 Å². The highest BCUT2D eigenvalue weighted by molar-refractivity contribution is 5.80. The lowest BCUT2D eigenvalue weighted by Crippen LogP contribution is -1.99. The van der Waals surface area contributed by atoms with Gasteiger partial charge in [-0.1, -0.05) is 48.9 Å². The number of aldehydes is 1. The number of carbonyl (C=O) groups is 1. The van der Waals surface area contributed by atoms with Gasteiger partial charge in [0.25, 0.3) is 5.69 Å². The summed E-state index contributed by atoms with van der Waals surface area (Å²) in [7, 11) is 0. The molecular formula is C20H21NO3. The largest absolute Gasteiger partial charge is 0.303 e. The van der Waals surface area contributed by atoms with Crippen molar-refractivity contribution >= 4 is 17.5 Å². The maximum absolute atomic E-state index is 11.1. The zero-order valence-corrected chi connectivity index (χ0v) is 14.0. The normalized spacial score (nSPS) is 11.8. The predicted molar refractivity (Wildman–Crippen MR) is 95.9 cm³/mol. The Hall–Kier alpha value is -2.75. The van der Waals surface area contributed by atoms with E-state index in [2.05, 4.69) is 19.1 Å². The average molecular weight is 323 g/mol. The molecule has 2 rings (SSSR count). The molecule has 4 heteroatoms. The van der Waals surface area contributed by atoms with Gasteiger partial charge in [0, 0.05) is 18.6 Å². The lowest BCUT2D eigenvalue weighted by molar-refractivity contribution is -0.384. The fourth-order valence-electron chi connectivity index (χ4n) is 2.90. The first-order chi connectivity index (χ1) is 11.6. The summed E-state index contributed by atoms with van der Waals surface area (Å²) in [5.74, 6) is 0. The molecule has 24 heavy (non-hydrogen) atoms. The van der Waals surface area contributed by atoms with Crippen LogP contribution in [0.15, 0.2) is 54.1 Å². The van der Waals surface area contributed by atoms with Crippen molar-refractivity contribution in [3.05, 3.63) is 80.9 Å². The summed E-state index contributed by atoms with van der Waals surface area (Å²) >= 11 is 0. The number of nitro benzene ring substituents is 1. The van der Waals surface area contributed by atoms with Gasteiger partial charge in [-0.05, 0) is 42.0 Å². The zero-order valence-electron chi connectivity index (χ0n) is 14.0. The summed E-state index contributed by atoms with van der Waals surface area (Å²) in [6.07, 6.45) is 2.78. The van der Waals surface area contributed by atoms with Crippen molar-refractivity contribution in [2.24, 2.45) is 0 Å². The van der Waals surface area contributed by atoms with Crippen LogP contribution in [-0.4, -0.2) is 11.2 Å². The van der Waals surface area contributed by atoms with E-state index in [0.29, 0.717) is 0 Å². The van der Waals surface area contributed by atoms with Gasteiger partial charge >= 0.3 is 0 Å². The van der Waals surface area contributed by atoms with Gasteiger partial charge in [0.1, 0.15) is 6.29 Å². The van der Waals surface area contributed by atoms with Gasteiger partial charge in [-0.2, -0.15) is 0 Å². The van der Waals surface area contributed by atoms with Crippen LogP contribution in [0.3, 0.4) is 0 Å². The van der Waals surface area contributed by atoms with Crippen molar-refractivity contribution < 1.29 is 9.72 Å². The molecule has 0 aromatic heterocycles. The van der Waals surface area contributed by atoms with Gasteiger partial charge in [-0.15, -0.1) is 0 Å². The van der Waals surface area contributed by atoms with Crippen molar-refractivity contribution in [3.63, 3.8) is 0 Å². The minimum Gasteiger partial charge on any atom is -0.303 e. The third-order valence-electron chi connectivity index (χ3n) is 4.16. The number of rotatable bonds is 7. The second kappa shape index (κ2) is 8.20. The van der Waals surface area contributed by atoms with E-state index in [9.17, 15) is 14.9 Å². The summed E-state index contributed by atoms with van der Waals surface area (Å²) < 4.78 is 0. The molecule has 0 aliphatic rings. The average Bonchev–Trinajstić information content (AvgIpc) is 2.60. The second-order valence-corrected chi connectivity index (χ2v) is 5.74. The molecular weight excluding hydrogens is 302 g/mol. The van der Waals surface area contributed by atoms with Crippen molar-refractivity contribution in [3.8, 4) is 0 Å². The summed E-state index contributed by atoms with van der Waals surface area (Å²) in [4.78, 5) is 21.7. The number of nitro groups is 1. The lowest BCUT2D eigenvalue weighted by Gasteiger charge is -2.13. The molecule has 0 aliphatic carbocycles. The molecule has 0 N–H and O–H groups in total. The monoisotopic (exact) mass is 323 g/mol. The number of allylic oxidation sites excluding steroid dienone is 2. The SMILES string of the molecule is CCc1ccccc1C/C(C)=C(\CC=O)c1cccc([N+](=O)[O-])c1. The minimum atomic E-state index is -0.413. The van der Waals surface area contributed by atoms with Crippen LogP contribution in [0.1, 0.15) is 37.0 Å². The third kappa shape index (κ3) is 4.16. The van der Waals surface area contributed by atoms with Crippen molar-refractivity contribution in [1.82, 2.24) is 0 Å². The fraction of sp³-hybridized carbons (Fsp3) is 0.250. The molecule has 0 fully saturated rings. The van der Waals surface area contributed by atoms with Gasteiger partial charge in [-0.25, -0.2) is 0 Å². The van der Waals surface area contributed by atoms with Gasteiger partial charge < -0.3 is 4.79 Å². The van der Waals surface area contributed by atoms with Crippen molar-refractivity contribution in [1.29, 1.82) is 0 Å². The molecule has 0 bridgehead atoms. The first kappa shape index (κ1) is 17.6. The molecule has 4 nitrogen and oxygen atoms in total. The number of aryl methyl sites for hydroxylation is 1. The molecule has 0 aliphatic heterocycles. The topological polar surface area (TPSA) is 60.2 Å². The Balaban J connectivity index is 2.44. The number of non-ortho nitro benzene ring substituents is 1. The Kier molecular flexibility index (Phi) is 6.01. The van der Waals surface area contributed by atoms with Gasteiger partial charge in [0.2, 0.25) is 0 Å². The zero-order chi connectivity index (χ0) is 17.5. The van der Waals surface area contributed by atoms with Crippen LogP contribution in [0.25, 0.3) is 5.57 Å². The molecule has 0 amide bonds. The summed E-state index contributed by atoms with van der Waals surface area (Å²) in [6.45, 7) is 4.11. The molecule has 0 radical (unpaired) electrons. The molecule has 124 valence electrons. The van der Waals surface area contributed by atoms with E-state index in [1.807, 2.05) is 25.1 Å². The lowest BCUT2D eigenvalue weighted by atomic mass is 9.92. The minimum absolute atomic E-state index is 0.0395. The van der Waals surface area contributed by atoms with E-state index in [0.717, 1.165) is 35.8 Å². The Labute approximate surface area is 142 Å². The molecule has 0 heterocycles. The van der Waals surface area contributed by atoms with E-state index >= 15 is 0 Å². The first-order valence-electron chi connectivity index (χ1n) is 8.00. The van der Waals surface area contributed by atoms with E-state index in [4.69, 9.17) is 0 Å². The molecule has 2 aromatic rings. The maximum atomic E-state index is 11.1. The van der Waals surface area contributed by atoms with Crippen LogP contribution in [0, 0.1) is 10.1 Å². The van der Waals surface area contributed by atoms with Gasteiger partial charge in [0.15, 0.2) is 0 Å². The number of nitrogens with zero attached hydrogens (tertiary/aromatic N) is 1. The highest BCUT2D eigenvalue weighted by atomic mass is 16.6. The van der Waals surface area contributed by atoms with E-state index < -0.39 is 4.92 Å². The number of carbonyl (C=O) groups excluding carboxylic acids is 1. The molecule has 0 saturated carbocycles. The van der Waals surface area contributed by atoms with Crippen LogP contribution in [-0.2, 0) is 17.6 Å². The summed E-state index contributed by atoms with van der Waals surface area (Å²) in [6, 6.07) is 14.7. The first-order valence-corrected chi connectivity index (χ1v) is 8.00. The third-order valence-corrected chi connectivity index (χ3v) is 4.16. The van der Waals surface area contributed by atoms with Crippen LogP contribution in [0.4, 0.5) is 5.69 Å². The van der Waals surface area contributed by atoms with E-state index in [-0.39, 0.29) is 12.1 Å². The van der Waals surface area contributed by atoms with Crippen LogP contribution >= 0.6 is 0 Å². The summed E-state index contributed by atoms with van der Waals surface area (Å²) in [5, 5.41) is 11.0. The molecule has 0 atom stereocenters. The molecule has 0 saturated heterocycles. The number of hydrogen-bond donors (Lipinski definition) is 0. The highest BCUT2D eigenvalue weighted by Crippen LogP contribution is 2.27. The smallest absolute Gasteiger partial charge is 0.270 e. The van der Waals surface area contributed by atoms with Crippen LogP contribution < -0.4 is 0 Å². The Bertz CT molecular complexity index is 778. The fourth-order valence-corrected chi connectivity index (χ4v) is 2.90. The molecule has 0 spiro atoms. The van der Waals surface area contributed by atoms with Crippen molar-refractivity contribution in [2.75, 3.05) is 0 Å². The Morgan fingerprint density at radius 3 is 2.46 bits per heavy atom. The molecule has 0 unspecified atom stereocenters. The predicted octanol–water partition coefficient (Wildman–Crippen LogP) is 4.76. The Morgan fingerprint density at radius 2 is 1.83 bits per heavy atom. The molecule has 2 aromatic carbocycles. The van der Waals surface area contributed by atoms with E-state index in [1.165, 1.54) is 23.3 Å².